The number of H-pyrrole nitrogens is 1. The van der Waals surface area contributed by atoms with Gasteiger partial charge in [0.1, 0.15) is 11.4 Å². The van der Waals surface area contributed by atoms with Crippen molar-refractivity contribution >= 4 is 16.7 Å². The van der Waals surface area contributed by atoms with Crippen molar-refractivity contribution in [3.8, 4) is 5.75 Å². The molecule has 2 aromatic rings. The van der Waals surface area contributed by atoms with Gasteiger partial charge in [0.15, 0.2) is 0 Å². The van der Waals surface area contributed by atoms with Gasteiger partial charge in [0.05, 0.1) is 7.11 Å². The van der Waals surface area contributed by atoms with E-state index in [9.17, 15) is 9.59 Å². The van der Waals surface area contributed by atoms with Crippen molar-refractivity contribution in [1.82, 2.24) is 14.8 Å². The molecule has 1 N–H and O–H groups in total. The fourth-order valence-electron chi connectivity index (χ4n) is 2.67. The zero-order valence-electron chi connectivity index (χ0n) is 12.8. The van der Waals surface area contributed by atoms with Gasteiger partial charge in [-0.1, -0.05) is 0 Å². The molecule has 0 saturated carbocycles. The molecule has 2 heterocycles. The summed E-state index contributed by atoms with van der Waals surface area (Å²) in [7, 11) is 3.61. The Morgan fingerprint density at radius 1 is 1.18 bits per heavy atom. The van der Waals surface area contributed by atoms with Crippen LogP contribution in [0.2, 0.25) is 0 Å². The van der Waals surface area contributed by atoms with Gasteiger partial charge in [-0.25, -0.2) is 0 Å². The van der Waals surface area contributed by atoms with Crippen LogP contribution in [-0.4, -0.2) is 61.0 Å². The largest absolute Gasteiger partial charge is 0.497 e. The molecule has 0 radical (unpaired) electrons. The summed E-state index contributed by atoms with van der Waals surface area (Å²) in [5, 5.41) is 1.26. The molecule has 0 bridgehead atoms. The van der Waals surface area contributed by atoms with Crippen LogP contribution in [0.4, 0.5) is 0 Å². The number of carbonyl (C=O) groups excluding carboxylic acids is 1. The topological polar surface area (TPSA) is 65.6 Å². The Hall–Kier alpha value is -2.34. The molecule has 1 amide bonds. The Bertz CT molecular complexity index is 761. The summed E-state index contributed by atoms with van der Waals surface area (Å²) in [5.41, 5.74) is 0.0768. The Labute approximate surface area is 128 Å². The van der Waals surface area contributed by atoms with E-state index in [0.717, 1.165) is 13.1 Å². The maximum absolute atomic E-state index is 12.6. The third-order valence-corrected chi connectivity index (χ3v) is 4.07. The highest BCUT2D eigenvalue weighted by Gasteiger charge is 2.21. The molecule has 1 aromatic heterocycles. The lowest BCUT2D eigenvalue weighted by Crippen LogP contribution is -2.47. The van der Waals surface area contributed by atoms with E-state index in [1.54, 1.807) is 36.3 Å². The highest BCUT2D eigenvalue weighted by atomic mass is 16.5. The molecule has 6 heteroatoms. The van der Waals surface area contributed by atoms with Crippen LogP contribution in [-0.2, 0) is 0 Å². The number of ether oxygens (including phenoxy) is 1. The number of hydrogen-bond donors (Lipinski definition) is 1. The second-order valence-corrected chi connectivity index (χ2v) is 5.56. The SMILES string of the molecule is COc1ccc2c(=O)[nH]c(C(=O)N3CCN(C)CC3)cc2c1. The monoisotopic (exact) mass is 301 g/mol. The molecule has 1 aliphatic heterocycles. The van der Waals surface area contributed by atoms with Crippen molar-refractivity contribution in [1.29, 1.82) is 0 Å². The Morgan fingerprint density at radius 2 is 1.91 bits per heavy atom. The second kappa shape index (κ2) is 5.81. The van der Waals surface area contributed by atoms with E-state index < -0.39 is 0 Å². The van der Waals surface area contributed by atoms with Crippen LogP contribution < -0.4 is 10.3 Å². The normalized spacial score (nSPS) is 16.0. The molecule has 22 heavy (non-hydrogen) atoms. The highest BCUT2D eigenvalue weighted by molar-refractivity contribution is 5.96. The molecule has 0 aliphatic carbocycles. The fraction of sp³-hybridized carbons (Fsp3) is 0.375. The smallest absolute Gasteiger partial charge is 0.270 e. The van der Waals surface area contributed by atoms with Crippen LogP contribution >= 0.6 is 0 Å². The van der Waals surface area contributed by atoms with Crippen LogP contribution in [0.3, 0.4) is 0 Å². The predicted molar refractivity (Wildman–Crippen MR) is 84.5 cm³/mol. The molecule has 1 fully saturated rings. The number of nitrogens with zero attached hydrogens (tertiary/aromatic N) is 2. The van der Waals surface area contributed by atoms with Gasteiger partial charge in [0, 0.05) is 31.6 Å². The van der Waals surface area contributed by atoms with Gasteiger partial charge in [-0.15, -0.1) is 0 Å². The molecule has 1 saturated heterocycles. The number of benzene rings is 1. The molecular formula is C16H19N3O3. The summed E-state index contributed by atoms with van der Waals surface area (Å²) in [6.07, 6.45) is 0. The Kier molecular flexibility index (Phi) is 3.85. The highest BCUT2D eigenvalue weighted by Crippen LogP contribution is 2.19. The van der Waals surface area contributed by atoms with E-state index >= 15 is 0 Å². The maximum atomic E-state index is 12.6. The number of aromatic nitrogens is 1. The second-order valence-electron chi connectivity index (χ2n) is 5.56. The number of carbonyl (C=O) groups is 1. The maximum Gasteiger partial charge on any atom is 0.270 e. The van der Waals surface area contributed by atoms with Crippen LogP contribution in [0.15, 0.2) is 29.1 Å². The Balaban J connectivity index is 1.96. The predicted octanol–water partition coefficient (Wildman–Crippen LogP) is 0.924. The van der Waals surface area contributed by atoms with Gasteiger partial charge in [-0.2, -0.15) is 0 Å². The number of likely N-dealkylation sites (N-methyl/N-ethyl adjacent to an activating group) is 1. The van der Waals surface area contributed by atoms with E-state index in [0.29, 0.717) is 35.3 Å². The third-order valence-electron chi connectivity index (χ3n) is 4.07. The fourth-order valence-corrected chi connectivity index (χ4v) is 2.67. The van der Waals surface area contributed by atoms with Gasteiger partial charge in [-0.05, 0) is 36.7 Å². The number of nitrogens with one attached hydrogen (secondary N) is 1. The number of amides is 1. The van der Waals surface area contributed by atoms with E-state index in [1.807, 2.05) is 7.05 Å². The molecule has 1 aromatic carbocycles. The first-order valence-electron chi connectivity index (χ1n) is 7.27. The summed E-state index contributed by atoms with van der Waals surface area (Å²) in [6.45, 7) is 3.04. The van der Waals surface area contributed by atoms with Crippen molar-refractivity contribution in [3.63, 3.8) is 0 Å². The molecule has 0 spiro atoms. The van der Waals surface area contributed by atoms with E-state index in [-0.39, 0.29) is 11.5 Å². The molecule has 0 atom stereocenters. The number of methoxy groups -OCH3 is 1. The quantitative estimate of drug-likeness (QED) is 0.896. The average Bonchev–Trinajstić information content (AvgIpc) is 2.54. The van der Waals surface area contributed by atoms with Gasteiger partial charge >= 0.3 is 0 Å². The molecule has 3 rings (SSSR count). The first-order valence-corrected chi connectivity index (χ1v) is 7.27. The van der Waals surface area contributed by atoms with Gasteiger partial charge in [-0.3, -0.25) is 9.59 Å². The van der Waals surface area contributed by atoms with Crippen molar-refractivity contribution < 1.29 is 9.53 Å². The molecular weight excluding hydrogens is 282 g/mol. The minimum Gasteiger partial charge on any atom is -0.497 e. The number of piperazine rings is 1. The number of pyridine rings is 1. The standard InChI is InChI=1S/C16H19N3O3/c1-18-5-7-19(8-6-18)16(21)14-10-11-9-12(22-2)3-4-13(11)15(20)17-14/h3-4,9-10H,5-8H2,1-2H3,(H,17,20). The first-order chi connectivity index (χ1) is 10.6. The molecule has 0 unspecified atom stereocenters. The zero-order valence-corrected chi connectivity index (χ0v) is 12.8. The number of fused-ring (bicyclic) bond motifs is 1. The lowest BCUT2D eigenvalue weighted by molar-refractivity contribution is 0.0658. The molecule has 1 aliphatic rings. The Morgan fingerprint density at radius 3 is 2.59 bits per heavy atom. The van der Waals surface area contributed by atoms with E-state index in [4.69, 9.17) is 4.74 Å². The molecule has 6 nitrogen and oxygen atoms in total. The van der Waals surface area contributed by atoms with Crippen molar-refractivity contribution in [3.05, 3.63) is 40.3 Å². The number of hydrogen-bond acceptors (Lipinski definition) is 4. The van der Waals surface area contributed by atoms with Crippen molar-refractivity contribution in [2.75, 3.05) is 40.3 Å². The number of rotatable bonds is 2. The van der Waals surface area contributed by atoms with E-state index in [1.165, 1.54) is 0 Å². The van der Waals surface area contributed by atoms with Gasteiger partial charge < -0.3 is 19.5 Å². The van der Waals surface area contributed by atoms with Crippen LogP contribution in [0, 0.1) is 0 Å². The zero-order chi connectivity index (χ0) is 15.7. The van der Waals surface area contributed by atoms with Crippen LogP contribution in [0.25, 0.3) is 10.8 Å². The lowest BCUT2D eigenvalue weighted by atomic mass is 10.1. The lowest BCUT2D eigenvalue weighted by Gasteiger charge is -2.32. The van der Waals surface area contributed by atoms with Gasteiger partial charge in [0.2, 0.25) is 0 Å². The van der Waals surface area contributed by atoms with E-state index in [2.05, 4.69) is 9.88 Å². The summed E-state index contributed by atoms with van der Waals surface area (Å²) >= 11 is 0. The average molecular weight is 301 g/mol. The minimum absolute atomic E-state index is 0.130. The van der Waals surface area contributed by atoms with Gasteiger partial charge in [0.25, 0.3) is 11.5 Å². The third kappa shape index (κ3) is 2.69. The number of aromatic amines is 1. The van der Waals surface area contributed by atoms with Crippen LogP contribution in [0.1, 0.15) is 10.5 Å². The van der Waals surface area contributed by atoms with Crippen molar-refractivity contribution in [2.24, 2.45) is 0 Å². The minimum atomic E-state index is -0.252. The first kappa shape index (κ1) is 14.6. The van der Waals surface area contributed by atoms with Crippen LogP contribution in [0.5, 0.6) is 5.75 Å². The van der Waals surface area contributed by atoms with Crippen molar-refractivity contribution in [2.45, 2.75) is 0 Å². The summed E-state index contributed by atoms with van der Waals surface area (Å²) in [4.78, 5) is 31.4. The summed E-state index contributed by atoms with van der Waals surface area (Å²) in [5.74, 6) is 0.533. The summed E-state index contributed by atoms with van der Waals surface area (Å²) < 4.78 is 5.18. The summed E-state index contributed by atoms with van der Waals surface area (Å²) in [6, 6.07) is 6.93. The molecule has 116 valence electrons.